The van der Waals surface area contributed by atoms with Gasteiger partial charge in [0.15, 0.2) is 0 Å². The molecule has 1 aliphatic carbocycles. The van der Waals surface area contributed by atoms with Gasteiger partial charge in [-0.05, 0) is 43.6 Å². The summed E-state index contributed by atoms with van der Waals surface area (Å²) < 4.78 is 21.7. The topological polar surface area (TPSA) is 80.6 Å². The number of alkyl halides is 1. The number of hydrogen-bond donors (Lipinski definition) is 2. The van der Waals surface area contributed by atoms with Gasteiger partial charge in [0.05, 0.1) is 6.07 Å². The fourth-order valence-corrected chi connectivity index (χ4v) is 5.01. The van der Waals surface area contributed by atoms with Crippen molar-refractivity contribution in [1.82, 2.24) is 20.4 Å². The minimum Gasteiger partial charge on any atom is -0.367 e. The SMILES string of the molecule is CN1CCN(CC2(CC(C#N)NC(=O)[C@@H]3CNCCCO3)C=CC(c3ccccc3)=CC2F)CC1. The maximum absolute atomic E-state index is 16.1. The van der Waals surface area contributed by atoms with E-state index in [1.807, 2.05) is 42.5 Å². The van der Waals surface area contributed by atoms with Crippen molar-refractivity contribution >= 4 is 11.5 Å². The first-order chi connectivity index (χ1) is 17.0. The van der Waals surface area contributed by atoms with Gasteiger partial charge in [0.2, 0.25) is 0 Å². The third-order valence-electron chi connectivity index (χ3n) is 7.19. The molecular weight excluding hydrogens is 445 g/mol. The number of likely N-dealkylation sites (N-methyl/N-ethyl adjacent to an activating group) is 1. The van der Waals surface area contributed by atoms with Gasteiger partial charge in [0, 0.05) is 51.3 Å². The van der Waals surface area contributed by atoms with Crippen molar-refractivity contribution in [3.05, 3.63) is 54.1 Å². The summed E-state index contributed by atoms with van der Waals surface area (Å²) in [6, 6.07) is 11.1. The van der Waals surface area contributed by atoms with Crippen LogP contribution in [0.2, 0.25) is 0 Å². The van der Waals surface area contributed by atoms with E-state index in [9.17, 15) is 10.1 Å². The highest BCUT2D eigenvalue weighted by molar-refractivity contribution is 5.81. The molecule has 0 aromatic heterocycles. The number of piperazine rings is 1. The lowest BCUT2D eigenvalue weighted by molar-refractivity contribution is -0.132. The van der Waals surface area contributed by atoms with Crippen molar-refractivity contribution in [2.45, 2.75) is 31.2 Å². The van der Waals surface area contributed by atoms with Crippen LogP contribution in [-0.4, -0.2) is 93.5 Å². The number of carbonyl (C=O) groups is 1. The molecule has 1 amide bonds. The van der Waals surface area contributed by atoms with Crippen molar-refractivity contribution < 1.29 is 13.9 Å². The summed E-state index contributed by atoms with van der Waals surface area (Å²) in [6.45, 7) is 5.73. The average molecular weight is 482 g/mol. The van der Waals surface area contributed by atoms with Gasteiger partial charge in [-0.15, -0.1) is 0 Å². The summed E-state index contributed by atoms with van der Waals surface area (Å²) in [7, 11) is 2.09. The molecule has 3 unspecified atom stereocenters. The molecule has 35 heavy (non-hydrogen) atoms. The maximum Gasteiger partial charge on any atom is 0.251 e. The predicted octanol–water partition coefficient (Wildman–Crippen LogP) is 1.99. The number of rotatable bonds is 7. The zero-order chi connectivity index (χ0) is 24.7. The van der Waals surface area contributed by atoms with Crippen LogP contribution in [0.25, 0.3) is 5.57 Å². The lowest BCUT2D eigenvalue weighted by Crippen LogP contribution is -2.53. The summed E-state index contributed by atoms with van der Waals surface area (Å²) in [4.78, 5) is 17.4. The molecule has 8 heteroatoms. The Morgan fingerprint density at radius 2 is 2.09 bits per heavy atom. The van der Waals surface area contributed by atoms with E-state index in [0.717, 1.165) is 50.3 Å². The van der Waals surface area contributed by atoms with Crippen LogP contribution < -0.4 is 10.6 Å². The van der Waals surface area contributed by atoms with Gasteiger partial charge in [-0.2, -0.15) is 5.26 Å². The molecular formula is C27H36FN5O2. The Hall–Kier alpha value is -2.57. The molecule has 4 atom stereocenters. The van der Waals surface area contributed by atoms with E-state index in [4.69, 9.17) is 4.74 Å². The van der Waals surface area contributed by atoms with E-state index in [1.165, 1.54) is 0 Å². The first kappa shape index (κ1) is 25.5. The molecule has 2 N–H and O–H groups in total. The molecule has 3 aliphatic rings. The normalized spacial score (nSPS) is 29.0. The molecule has 2 aliphatic heterocycles. The number of carbonyl (C=O) groups excluding carboxylic acids is 1. The van der Waals surface area contributed by atoms with E-state index in [1.54, 1.807) is 6.08 Å². The molecule has 4 rings (SSSR count). The molecule has 188 valence electrons. The fraction of sp³-hybridized carbons (Fsp3) is 0.556. The number of allylic oxidation sites excluding steroid dienone is 3. The van der Waals surface area contributed by atoms with Crippen LogP contribution in [0, 0.1) is 16.7 Å². The monoisotopic (exact) mass is 481 g/mol. The van der Waals surface area contributed by atoms with Gasteiger partial charge in [-0.1, -0.05) is 42.5 Å². The Morgan fingerprint density at radius 3 is 2.80 bits per heavy atom. The summed E-state index contributed by atoms with van der Waals surface area (Å²) in [6.07, 6.45) is 4.66. The third-order valence-corrected chi connectivity index (χ3v) is 7.19. The minimum atomic E-state index is -1.29. The smallest absolute Gasteiger partial charge is 0.251 e. The van der Waals surface area contributed by atoms with Crippen molar-refractivity contribution in [2.75, 3.05) is 59.5 Å². The standard InChI is InChI=1S/C27H36FN5O2/c1-32-11-13-33(14-12-32)20-27(9-8-22(16-25(27)28)21-6-3-2-4-7-21)17-23(18-29)31-26(34)24-19-30-10-5-15-35-24/h2-4,6-9,16,23-25,30H,5,10-15,17,19-20H2,1H3,(H,31,34)/t23?,24-,25?,27?/m0/s1. The van der Waals surface area contributed by atoms with Gasteiger partial charge in [0.25, 0.3) is 5.91 Å². The Kier molecular flexibility index (Phi) is 8.69. The molecule has 7 nitrogen and oxygen atoms in total. The predicted molar refractivity (Wildman–Crippen MR) is 134 cm³/mol. The zero-order valence-corrected chi connectivity index (χ0v) is 20.5. The van der Waals surface area contributed by atoms with Gasteiger partial charge >= 0.3 is 0 Å². The summed E-state index contributed by atoms with van der Waals surface area (Å²) in [5, 5.41) is 15.9. The molecule has 0 spiro atoms. The number of halogens is 1. The van der Waals surface area contributed by atoms with Crippen LogP contribution in [0.3, 0.4) is 0 Å². The van der Waals surface area contributed by atoms with Crippen LogP contribution in [0.4, 0.5) is 4.39 Å². The largest absolute Gasteiger partial charge is 0.367 e. The van der Waals surface area contributed by atoms with E-state index >= 15 is 4.39 Å². The third kappa shape index (κ3) is 6.56. The van der Waals surface area contributed by atoms with Gasteiger partial charge in [-0.25, -0.2) is 4.39 Å². The first-order valence-corrected chi connectivity index (χ1v) is 12.5. The highest BCUT2D eigenvalue weighted by Crippen LogP contribution is 2.40. The Labute approximate surface area is 207 Å². The number of nitriles is 1. The molecule has 2 saturated heterocycles. The first-order valence-electron chi connectivity index (χ1n) is 12.5. The minimum absolute atomic E-state index is 0.192. The van der Waals surface area contributed by atoms with E-state index in [2.05, 4.69) is 33.6 Å². The summed E-state index contributed by atoms with van der Waals surface area (Å²) >= 11 is 0. The quantitative estimate of drug-likeness (QED) is 0.620. The second kappa shape index (κ2) is 11.9. The van der Waals surface area contributed by atoms with Crippen molar-refractivity contribution in [3.8, 4) is 6.07 Å². The van der Waals surface area contributed by atoms with Crippen LogP contribution in [0.15, 0.2) is 48.6 Å². The van der Waals surface area contributed by atoms with E-state index in [0.29, 0.717) is 19.7 Å². The number of nitrogens with zero attached hydrogens (tertiary/aromatic N) is 3. The second-order valence-corrected chi connectivity index (χ2v) is 9.85. The van der Waals surface area contributed by atoms with Crippen LogP contribution in [0.5, 0.6) is 0 Å². The Balaban J connectivity index is 1.52. The number of benzene rings is 1. The second-order valence-electron chi connectivity index (χ2n) is 9.85. The summed E-state index contributed by atoms with van der Waals surface area (Å²) in [5.74, 6) is -0.323. The summed E-state index contributed by atoms with van der Waals surface area (Å²) in [5.41, 5.74) is 0.884. The number of nitrogens with one attached hydrogen (secondary N) is 2. The molecule has 1 aromatic rings. The van der Waals surface area contributed by atoms with E-state index < -0.39 is 23.7 Å². The highest BCUT2D eigenvalue weighted by atomic mass is 19.1. The van der Waals surface area contributed by atoms with Gasteiger partial charge in [-0.3, -0.25) is 9.69 Å². The lowest BCUT2D eigenvalue weighted by Gasteiger charge is -2.43. The molecule has 2 fully saturated rings. The highest BCUT2D eigenvalue weighted by Gasteiger charge is 2.42. The Bertz CT molecular complexity index is 946. The van der Waals surface area contributed by atoms with Crippen molar-refractivity contribution in [3.63, 3.8) is 0 Å². The zero-order valence-electron chi connectivity index (χ0n) is 20.5. The number of hydrogen-bond acceptors (Lipinski definition) is 6. The molecule has 0 saturated carbocycles. The Morgan fingerprint density at radius 1 is 1.31 bits per heavy atom. The lowest BCUT2D eigenvalue weighted by atomic mass is 9.72. The van der Waals surface area contributed by atoms with Gasteiger partial charge in [0.1, 0.15) is 18.3 Å². The molecule has 2 heterocycles. The van der Waals surface area contributed by atoms with Crippen molar-refractivity contribution in [1.29, 1.82) is 5.26 Å². The molecule has 1 aromatic carbocycles. The van der Waals surface area contributed by atoms with Crippen LogP contribution in [0.1, 0.15) is 18.4 Å². The maximum atomic E-state index is 16.1. The fourth-order valence-electron chi connectivity index (χ4n) is 5.01. The van der Waals surface area contributed by atoms with Crippen molar-refractivity contribution in [2.24, 2.45) is 5.41 Å². The molecule has 0 radical (unpaired) electrons. The molecule has 0 bridgehead atoms. The number of ether oxygens (including phenoxy) is 1. The number of amides is 1. The van der Waals surface area contributed by atoms with Crippen LogP contribution >= 0.6 is 0 Å². The average Bonchev–Trinajstić information content (AvgIpc) is 3.17. The van der Waals surface area contributed by atoms with Gasteiger partial charge < -0.3 is 20.3 Å². The van der Waals surface area contributed by atoms with E-state index in [-0.39, 0.29) is 12.3 Å². The van der Waals surface area contributed by atoms with Crippen LogP contribution in [-0.2, 0) is 9.53 Å².